The van der Waals surface area contributed by atoms with Crippen LogP contribution >= 0.6 is 0 Å². The van der Waals surface area contributed by atoms with Crippen molar-refractivity contribution >= 4 is 15.7 Å². The lowest BCUT2D eigenvalue weighted by molar-refractivity contribution is 0.506. The van der Waals surface area contributed by atoms with Crippen molar-refractivity contribution in [1.29, 1.82) is 0 Å². The first-order valence-electron chi connectivity index (χ1n) is 5.86. The highest BCUT2D eigenvalue weighted by Gasteiger charge is 2.14. The number of furan rings is 1. The molecule has 3 N–H and O–H groups in total. The number of nitrogens with one attached hydrogen (secondary N) is 1. The van der Waals surface area contributed by atoms with Gasteiger partial charge in [0.25, 0.3) is 0 Å². The first-order valence-corrected chi connectivity index (χ1v) is 7.35. The Labute approximate surface area is 112 Å². The molecule has 0 amide bonds. The average Bonchev–Trinajstić information content (AvgIpc) is 2.80. The summed E-state index contributed by atoms with van der Waals surface area (Å²) in [4.78, 5) is 0.185. The van der Waals surface area contributed by atoms with Gasteiger partial charge in [0.1, 0.15) is 5.76 Å². The van der Waals surface area contributed by atoms with Gasteiger partial charge >= 0.3 is 0 Å². The number of rotatable bonds is 5. The fourth-order valence-electron chi connectivity index (χ4n) is 1.78. The molecule has 0 saturated heterocycles. The molecule has 2 rings (SSSR count). The Morgan fingerprint density at radius 2 is 2.11 bits per heavy atom. The molecule has 0 unspecified atom stereocenters. The van der Waals surface area contributed by atoms with Gasteiger partial charge in [0.05, 0.1) is 11.2 Å². The van der Waals surface area contributed by atoms with Crippen LogP contribution in [0.4, 0.5) is 5.69 Å². The van der Waals surface area contributed by atoms with Gasteiger partial charge in [-0.1, -0.05) is 0 Å². The number of anilines is 1. The highest BCUT2D eigenvalue weighted by Crippen LogP contribution is 2.16. The molecule has 0 fully saturated rings. The van der Waals surface area contributed by atoms with Crippen molar-refractivity contribution in [2.45, 2.75) is 18.2 Å². The standard InChI is InChI=1S/C13H16N2O3S/c1-10-7-11(14)9-13(8-10)19(16,17)15-5-4-12-3-2-6-18-12/h2-3,6-9,15H,4-5,14H2,1H3. The van der Waals surface area contributed by atoms with E-state index in [9.17, 15) is 8.42 Å². The maximum atomic E-state index is 12.1. The molecule has 1 heterocycles. The van der Waals surface area contributed by atoms with Gasteiger partial charge < -0.3 is 10.2 Å². The number of hydrogen-bond acceptors (Lipinski definition) is 4. The van der Waals surface area contributed by atoms with E-state index in [2.05, 4.69) is 4.72 Å². The van der Waals surface area contributed by atoms with Gasteiger partial charge in [0.15, 0.2) is 0 Å². The number of benzene rings is 1. The second-order valence-electron chi connectivity index (χ2n) is 4.31. The van der Waals surface area contributed by atoms with E-state index in [4.69, 9.17) is 10.2 Å². The normalized spacial score (nSPS) is 11.6. The monoisotopic (exact) mass is 280 g/mol. The fraction of sp³-hybridized carbons (Fsp3) is 0.231. The quantitative estimate of drug-likeness (QED) is 0.816. The van der Waals surface area contributed by atoms with Crippen LogP contribution in [0.5, 0.6) is 0 Å². The molecule has 0 radical (unpaired) electrons. The van der Waals surface area contributed by atoms with E-state index in [0.717, 1.165) is 11.3 Å². The van der Waals surface area contributed by atoms with E-state index in [1.54, 1.807) is 37.5 Å². The molecule has 0 aliphatic rings. The third kappa shape index (κ3) is 3.59. The van der Waals surface area contributed by atoms with Crippen LogP contribution in [0.3, 0.4) is 0 Å². The lowest BCUT2D eigenvalue weighted by atomic mass is 10.2. The number of aryl methyl sites for hydroxylation is 1. The third-order valence-corrected chi connectivity index (χ3v) is 4.07. The SMILES string of the molecule is Cc1cc(N)cc(S(=O)(=O)NCCc2ccco2)c1. The predicted octanol–water partition coefficient (Wildman–Crippen LogP) is 1.69. The van der Waals surface area contributed by atoms with E-state index in [1.807, 2.05) is 0 Å². The van der Waals surface area contributed by atoms with Gasteiger partial charge in [-0.05, 0) is 42.8 Å². The highest BCUT2D eigenvalue weighted by molar-refractivity contribution is 7.89. The van der Waals surface area contributed by atoms with Crippen molar-refractivity contribution < 1.29 is 12.8 Å². The molecular formula is C13H16N2O3S. The highest BCUT2D eigenvalue weighted by atomic mass is 32.2. The Morgan fingerprint density at radius 1 is 1.32 bits per heavy atom. The molecule has 1 aromatic carbocycles. The lowest BCUT2D eigenvalue weighted by Gasteiger charge is -2.07. The number of hydrogen-bond donors (Lipinski definition) is 2. The summed E-state index contributed by atoms with van der Waals surface area (Å²) in [5.41, 5.74) is 6.90. The maximum absolute atomic E-state index is 12.1. The topological polar surface area (TPSA) is 85.3 Å². The molecule has 0 aliphatic carbocycles. The summed E-state index contributed by atoms with van der Waals surface area (Å²) in [6.45, 7) is 2.09. The smallest absolute Gasteiger partial charge is 0.240 e. The molecular weight excluding hydrogens is 264 g/mol. The van der Waals surface area contributed by atoms with Gasteiger partial charge in [0.2, 0.25) is 10.0 Å². The summed E-state index contributed by atoms with van der Waals surface area (Å²) in [5.74, 6) is 0.742. The van der Waals surface area contributed by atoms with E-state index >= 15 is 0 Å². The zero-order valence-electron chi connectivity index (χ0n) is 10.6. The van der Waals surface area contributed by atoms with Crippen molar-refractivity contribution in [1.82, 2.24) is 4.72 Å². The molecule has 2 aromatic rings. The zero-order valence-corrected chi connectivity index (χ0v) is 11.4. The van der Waals surface area contributed by atoms with Crippen molar-refractivity contribution in [2.24, 2.45) is 0 Å². The fourth-order valence-corrected chi connectivity index (χ4v) is 2.95. The second kappa shape index (κ2) is 5.46. The molecule has 5 nitrogen and oxygen atoms in total. The van der Waals surface area contributed by atoms with Crippen molar-refractivity contribution in [3.05, 3.63) is 47.9 Å². The minimum atomic E-state index is -3.53. The van der Waals surface area contributed by atoms with Gasteiger partial charge in [0, 0.05) is 18.7 Å². The van der Waals surface area contributed by atoms with Crippen LogP contribution in [0.25, 0.3) is 0 Å². The summed E-state index contributed by atoms with van der Waals surface area (Å²) in [7, 11) is -3.53. The third-order valence-electron chi connectivity index (χ3n) is 2.63. The first-order chi connectivity index (χ1) is 8.97. The Balaban J connectivity index is 2.05. The number of nitrogens with two attached hydrogens (primary N) is 1. The van der Waals surface area contributed by atoms with Crippen molar-refractivity contribution in [3.63, 3.8) is 0 Å². The van der Waals surface area contributed by atoms with E-state index < -0.39 is 10.0 Å². The Hall–Kier alpha value is -1.79. The lowest BCUT2D eigenvalue weighted by Crippen LogP contribution is -2.26. The molecule has 0 bridgehead atoms. The summed E-state index contributed by atoms with van der Waals surface area (Å²) in [6.07, 6.45) is 2.07. The average molecular weight is 280 g/mol. The molecule has 6 heteroatoms. The minimum absolute atomic E-state index is 0.185. The predicted molar refractivity (Wildman–Crippen MR) is 73.2 cm³/mol. The molecule has 0 saturated carbocycles. The first kappa shape index (κ1) is 13.6. The summed E-state index contributed by atoms with van der Waals surface area (Å²) < 4.78 is 31.8. The Morgan fingerprint density at radius 3 is 2.74 bits per heavy atom. The number of sulfonamides is 1. The van der Waals surface area contributed by atoms with Gasteiger partial charge in [-0.2, -0.15) is 0 Å². The molecule has 0 spiro atoms. The van der Waals surface area contributed by atoms with Crippen molar-refractivity contribution in [3.8, 4) is 0 Å². The zero-order chi connectivity index (χ0) is 13.9. The van der Waals surface area contributed by atoms with Crippen LogP contribution in [0.15, 0.2) is 45.9 Å². The molecule has 1 aromatic heterocycles. The molecule has 102 valence electrons. The van der Waals surface area contributed by atoms with E-state index in [1.165, 1.54) is 6.07 Å². The van der Waals surface area contributed by atoms with Gasteiger partial charge in [-0.15, -0.1) is 0 Å². The van der Waals surface area contributed by atoms with E-state index in [0.29, 0.717) is 12.1 Å². The van der Waals surface area contributed by atoms with Crippen LogP contribution in [-0.2, 0) is 16.4 Å². The minimum Gasteiger partial charge on any atom is -0.469 e. The summed E-state index contributed by atoms with van der Waals surface area (Å²) in [6, 6.07) is 8.33. The van der Waals surface area contributed by atoms with Crippen LogP contribution in [0.1, 0.15) is 11.3 Å². The maximum Gasteiger partial charge on any atom is 0.240 e. The van der Waals surface area contributed by atoms with Crippen LogP contribution < -0.4 is 10.5 Å². The number of nitrogen functional groups attached to an aromatic ring is 1. The Bertz CT molecular complexity index is 628. The van der Waals surface area contributed by atoms with Gasteiger partial charge in [-0.25, -0.2) is 13.1 Å². The largest absolute Gasteiger partial charge is 0.469 e. The van der Waals surface area contributed by atoms with E-state index in [-0.39, 0.29) is 11.4 Å². The Kier molecular flexibility index (Phi) is 3.92. The van der Waals surface area contributed by atoms with Crippen LogP contribution in [0.2, 0.25) is 0 Å². The summed E-state index contributed by atoms with van der Waals surface area (Å²) >= 11 is 0. The van der Waals surface area contributed by atoms with Crippen LogP contribution in [0, 0.1) is 6.92 Å². The molecule has 19 heavy (non-hydrogen) atoms. The second-order valence-corrected chi connectivity index (χ2v) is 6.07. The van der Waals surface area contributed by atoms with Crippen LogP contribution in [-0.4, -0.2) is 15.0 Å². The molecule has 0 aliphatic heterocycles. The van der Waals surface area contributed by atoms with Gasteiger partial charge in [-0.3, -0.25) is 0 Å². The summed E-state index contributed by atoms with van der Waals surface area (Å²) in [5, 5.41) is 0. The molecule has 0 atom stereocenters. The van der Waals surface area contributed by atoms with Crippen molar-refractivity contribution in [2.75, 3.05) is 12.3 Å².